The van der Waals surface area contributed by atoms with Crippen molar-refractivity contribution in [2.24, 2.45) is 0 Å². The number of nitrogen functional groups attached to an aromatic ring is 1. The lowest BCUT2D eigenvalue weighted by Crippen LogP contribution is -2.12. The van der Waals surface area contributed by atoms with Gasteiger partial charge in [-0.3, -0.25) is 0 Å². The van der Waals surface area contributed by atoms with Crippen LogP contribution in [0.25, 0.3) is 17.0 Å². The summed E-state index contributed by atoms with van der Waals surface area (Å²) in [5.74, 6) is 0.794. The Hall–Kier alpha value is -2.30. The lowest BCUT2D eigenvalue weighted by Gasteiger charge is -2.13. The van der Waals surface area contributed by atoms with Gasteiger partial charge in [0.1, 0.15) is 0 Å². The molecule has 0 atom stereocenters. The highest BCUT2D eigenvalue weighted by atomic mass is 15.5. The molecule has 0 radical (unpaired) electrons. The van der Waals surface area contributed by atoms with Gasteiger partial charge in [0.2, 0.25) is 0 Å². The lowest BCUT2D eigenvalue weighted by molar-refractivity contribution is 0.557. The zero-order valence-electron chi connectivity index (χ0n) is 11.3. The number of benzene rings is 1. The Labute approximate surface area is 111 Å². The highest BCUT2D eigenvalue weighted by Gasteiger charge is 2.19. The Morgan fingerprint density at radius 1 is 1.11 bits per heavy atom. The standard InChI is InChI=1S/C14H17N5/c1-14(2,3)11-8-12-16-13(18-19(12)17-11)9-4-6-10(15)7-5-9/h4-8H,15H2,1-3H3,(H,16,18). The number of nitrogens with one attached hydrogen (secondary N) is 1. The average molecular weight is 255 g/mol. The van der Waals surface area contributed by atoms with Crippen LogP contribution in [0.5, 0.6) is 0 Å². The molecule has 0 fully saturated rings. The van der Waals surface area contributed by atoms with Gasteiger partial charge in [-0.2, -0.15) is 5.10 Å². The van der Waals surface area contributed by atoms with Crippen LogP contribution in [0.4, 0.5) is 5.69 Å². The molecule has 2 aromatic heterocycles. The molecule has 3 N–H and O–H groups in total. The first kappa shape index (κ1) is 11.8. The van der Waals surface area contributed by atoms with Gasteiger partial charge in [0.15, 0.2) is 11.5 Å². The van der Waals surface area contributed by atoms with Crippen molar-refractivity contribution in [1.82, 2.24) is 19.8 Å². The fraction of sp³-hybridized carbons (Fsp3) is 0.286. The third-order valence-electron chi connectivity index (χ3n) is 3.09. The molecular formula is C14H17N5. The first-order valence-corrected chi connectivity index (χ1v) is 6.26. The summed E-state index contributed by atoms with van der Waals surface area (Å²) in [5.41, 5.74) is 9.37. The number of aromatic amines is 1. The van der Waals surface area contributed by atoms with Crippen molar-refractivity contribution >= 4 is 11.3 Å². The molecule has 0 saturated heterocycles. The third-order valence-corrected chi connectivity index (χ3v) is 3.09. The summed E-state index contributed by atoms with van der Waals surface area (Å²) in [7, 11) is 0. The normalized spacial score (nSPS) is 12.2. The van der Waals surface area contributed by atoms with E-state index in [1.165, 1.54) is 0 Å². The first-order valence-electron chi connectivity index (χ1n) is 6.26. The fourth-order valence-corrected chi connectivity index (χ4v) is 1.91. The predicted octanol–water partition coefficient (Wildman–Crippen LogP) is 2.60. The topological polar surface area (TPSA) is 72.0 Å². The average Bonchev–Trinajstić information content (AvgIpc) is 2.86. The Morgan fingerprint density at radius 2 is 1.79 bits per heavy atom. The molecule has 2 heterocycles. The van der Waals surface area contributed by atoms with E-state index in [1.54, 1.807) is 4.63 Å². The van der Waals surface area contributed by atoms with Crippen LogP contribution in [0.15, 0.2) is 30.3 Å². The number of anilines is 1. The molecule has 5 heteroatoms. The number of fused-ring (bicyclic) bond motifs is 1. The van der Waals surface area contributed by atoms with E-state index < -0.39 is 0 Å². The number of H-pyrrole nitrogens is 1. The number of hydrogen-bond donors (Lipinski definition) is 2. The number of aromatic nitrogens is 4. The summed E-state index contributed by atoms with van der Waals surface area (Å²) in [6.45, 7) is 6.40. The van der Waals surface area contributed by atoms with Crippen LogP contribution in [0.3, 0.4) is 0 Å². The summed E-state index contributed by atoms with van der Waals surface area (Å²) >= 11 is 0. The number of rotatable bonds is 1. The fourth-order valence-electron chi connectivity index (χ4n) is 1.91. The number of nitrogens with zero attached hydrogens (tertiary/aromatic N) is 3. The molecule has 0 aliphatic rings. The van der Waals surface area contributed by atoms with E-state index in [9.17, 15) is 0 Å². The van der Waals surface area contributed by atoms with Crippen molar-refractivity contribution in [3.8, 4) is 11.4 Å². The van der Waals surface area contributed by atoms with Crippen LogP contribution >= 0.6 is 0 Å². The van der Waals surface area contributed by atoms with E-state index in [0.29, 0.717) is 0 Å². The Balaban J connectivity index is 2.03. The van der Waals surface area contributed by atoms with Crippen LogP contribution < -0.4 is 5.73 Å². The van der Waals surface area contributed by atoms with Gasteiger partial charge in [-0.05, 0) is 24.3 Å². The maximum atomic E-state index is 5.68. The number of hydrogen-bond acceptors (Lipinski definition) is 3. The highest BCUT2D eigenvalue weighted by Crippen LogP contribution is 2.23. The second-order valence-electron chi connectivity index (χ2n) is 5.75. The molecule has 0 unspecified atom stereocenters. The van der Waals surface area contributed by atoms with E-state index in [2.05, 4.69) is 36.0 Å². The second kappa shape index (κ2) is 3.85. The van der Waals surface area contributed by atoms with Gasteiger partial charge in [0, 0.05) is 22.7 Å². The molecule has 3 aromatic rings. The van der Waals surface area contributed by atoms with E-state index >= 15 is 0 Å². The minimum absolute atomic E-state index is 0.0237. The van der Waals surface area contributed by atoms with Crippen LogP contribution in [0.1, 0.15) is 26.5 Å². The van der Waals surface area contributed by atoms with Crippen LogP contribution in [0, 0.1) is 0 Å². The van der Waals surface area contributed by atoms with Crippen molar-refractivity contribution in [2.75, 3.05) is 5.73 Å². The molecule has 0 amide bonds. The summed E-state index contributed by atoms with van der Waals surface area (Å²) in [6.07, 6.45) is 0. The maximum Gasteiger partial charge on any atom is 0.161 e. The molecule has 0 spiro atoms. The van der Waals surface area contributed by atoms with E-state index in [4.69, 9.17) is 5.73 Å². The van der Waals surface area contributed by atoms with Gasteiger partial charge in [-0.15, -0.1) is 9.73 Å². The Bertz CT molecular complexity index is 681. The van der Waals surface area contributed by atoms with Crippen LogP contribution in [-0.2, 0) is 5.41 Å². The summed E-state index contributed by atoms with van der Waals surface area (Å²) < 4.78 is 1.65. The zero-order valence-corrected chi connectivity index (χ0v) is 11.3. The Kier molecular flexibility index (Phi) is 2.38. The van der Waals surface area contributed by atoms with Gasteiger partial charge in [0.25, 0.3) is 0 Å². The molecule has 19 heavy (non-hydrogen) atoms. The van der Waals surface area contributed by atoms with Gasteiger partial charge < -0.3 is 10.7 Å². The quantitative estimate of drug-likeness (QED) is 0.656. The zero-order chi connectivity index (χ0) is 13.6. The van der Waals surface area contributed by atoms with E-state index in [1.807, 2.05) is 30.3 Å². The predicted molar refractivity (Wildman–Crippen MR) is 75.9 cm³/mol. The second-order valence-corrected chi connectivity index (χ2v) is 5.75. The Morgan fingerprint density at radius 3 is 2.37 bits per heavy atom. The van der Waals surface area contributed by atoms with Gasteiger partial charge in [-0.25, -0.2) is 0 Å². The molecular weight excluding hydrogens is 238 g/mol. The summed E-state index contributed by atoms with van der Waals surface area (Å²) in [6, 6.07) is 9.65. The summed E-state index contributed by atoms with van der Waals surface area (Å²) in [5, 5.41) is 8.95. The monoisotopic (exact) mass is 255 g/mol. The van der Waals surface area contributed by atoms with Gasteiger partial charge >= 0.3 is 0 Å². The minimum Gasteiger partial charge on any atom is -0.399 e. The maximum absolute atomic E-state index is 5.68. The van der Waals surface area contributed by atoms with Crippen LogP contribution in [0.2, 0.25) is 0 Å². The molecule has 1 aromatic carbocycles. The third kappa shape index (κ3) is 2.07. The molecule has 3 rings (SSSR count). The first-order chi connectivity index (χ1) is 8.93. The highest BCUT2D eigenvalue weighted by molar-refractivity contribution is 5.61. The molecule has 0 saturated carbocycles. The van der Waals surface area contributed by atoms with Crippen molar-refractivity contribution < 1.29 is 0 Å². The number of nitrogens with two attached hydrogens (primary N) is 1. The van der Waals surface area contributed by atoms with E-state index in [0.717, 1.165) is 28.4 Å². The van der Waals surface area contributed by atoms with Crippen LogP contribution in [-0.4, -0.2) is 19.8 Å². The van der Waals surface area contributed by atoms with Crippen molar-refractivity contribution in [3.63, 3.8) is 0 Å². The molecule has 0 bridgehead atoms. The lowest BCUT2D eigenvalue weighted by atomic mass is 9.93. The molecule has 0 aliphatic carbocycles. The largest absolute Gasteiger partial charge is 0.399 e. The van der Waals surface area contributed by atoms with Crippen molar-refractivity contribution in [2.45, 2.75) is 26.2 Å². The molecule has 0 aliphatic heterocycles. The molecule has 5 nitrogen and oxygen atoms in total. The minimum atomic E-state index is 0.0237. The smallest absolute Gasteiger partial charge is 0.161 e. The van der Waals surface area contributed by atoms with Crippen molar-refractivity contribution in [3.05, 3.63) is 36.0 Å². The molecule has 98 valence electrons. The van der Waals surface area contributed by atoms with Gasteiger partial charge in [-0.1, -0.05) is 20.8 Å². The van der Waals surface area contributed by atoms with E-state index in [-0.39, 0.29) is 5.41 Å². The SMILES string of the molecule is CC(C)(C)c1cc2[nH]c(-c3ccc(N)cc3)nn2n1. The van der Waals surface area contributed by atoms with Crippen molar-refractivity contribution in [1.29, 1.82) is 0 Å². The van der Waals surface area contributed by atoms with Gasteiger partial charge in [0.05, 0.1) is 5.69 Å². The summed E-state index contributed by atoms with van der Waals surface area (Å²) in [4.78, 5) is 3.27.